The van der Waals surface area contributed by atoms with Gasteiger partial charge in [0.2, 0.25) is 5.96 Å². The molecule has 244 valence electrons. The maximum absolute atomic E-state index is 13.6. The summed E-state index contributed by atoms with van der Waals surface area (Å²) < 4.78 is 5.55. The third-order valence-corrected chi connectivity index (χ3v) is 14.4. The van der Waals surface area contributed by atoms with Crippen molar-refractivity contribution in [1.29, 1.82) is 0 Å². The van der Waals surface area contributed by atoms with Crippen LogP contribution in [-0.2, 0) is 14.3 Å². The molecular weight excluding hydrogens is 627 g/mol. The van der Waals surface area contributed by atoms with Crippen molar-refractivity contribution in [2.24, 2.45) is 44.0 Å². The van der Waals surface area contributed by atoms with E-state index >= 15 is 0 Å². The Morgan fingerprint density at radius 1 is 1.31 bits per heavy atom. The molecule has 2 spiro atoms. The van der Waals surface area contributed by atoms with E-state index in [1.165, 1.54) is 11.8 Å². The number of hydrogen-bond acceptors (Lipinski definition) is 10. The molecule has 5 unspecified atom stereocenters. The number of piperazine rings is 1. The van der Waals surface area contributed by atoms with E-state index in [1.54, 1.807) is 12.3 Å². The largest absolute Gasteiger partial charge is 0.460 e. The Kier molecular flexibility index (Phi) is 8.95. The number of thioether (sulfide) groups is 1. The Hall–Kier alpha value is -1.99. The van der Waals surface area contributed by atoms with Crippen molar-refractivity contribution in [3.8, 4) is 0 Å². The second-order valence-corrected chi connectivity index (χ2v) is 16.3. The molecule has 5 fully saturated rings. The molecule has 4 saturated carbocycles. The van der Waals surface area contributed by atoms with E-state index in [2.05, 4.69) is 29.0 Å². The van der Waals surface area contributed by atoms with Gasteiger partial charge in [0.25, 0.3) is 0 Å². The van der Waals surface area contributed by atoms with Crippen molar-refractivity contribution in [3.63, 3.8) is 0 Å². The molecule has 4 aliphatic carbocycles. The Morgan fingerprint density at radius 3 is 2.78 bits per heavy atom. The van der Waals surface area contributed by atoms with Gasteiger partial charge >= 0.3 is 5.97 Å². The molecule has 12 heteroatoms. The van der Waals surface area contributed by atoms with Gasteiger partial charge in [0.05, 0.1) is 22.8 Å². The van der Waals surface area contributed by atoms with Gasteiger partial charge in [-0.3, -0.25) is 9.59 Å². The number of aliphatic hydroxyl groups is 1. The number of aliphatic hydroxyl groups excluding tert-OH is 1. The first kappa shape index (κ1) is 32.9. The molecule has 1 heterocycles. The lowest BCUT2D eigenvalue weighted by Gasteiger charge is -2.71. The van der Waals surface area contributed by atoms with Crippen molar-refractivity contribution >= 4 is 60.9 Å². The minimum absolute atomic E-state index is 0.0567. The van der Waals surface area contributed by atoms with Crippen LogP contribution in [0.2, 0.25) is 0 Å². The van der Waals surface area contributed by atoms with Crippen molar-refractivity contribution in [2.45, 2.75) is 73.1 Å². The van der Waals surface area contributed by atoms with E-state index in [-0.39, 0.29) is 40.0 Å². The number of nitrogens with one attached hydrogen (secondary N) is 1. The number of hydrogen-bond donors (Lipinski definition) is 5. The predicted octanol–water partition coefficient (Wildman–Crippen LogP) is 3.56. The monoisotopic (exact) mass is 671 g/mol. The maximum atomic E-state index is 13.6. The second-order valence-electron chi connectivity index (χ2n) is 13.9. The van der Waals surface area contributed by atoms with Crippen molar-refractivity contribution in [1.82, 2.24) is 10.2 Å². The topological polar surface area (TPSA) is 130 Å². The number of thiol groups is 2. The highest BCUT2D eigenvalue weighted by Gasteiger charge is 2.82. The Balaban J connectivity index is 1.21. The number of carbonyl (C=O) groups excluding carboxylic acids is 2. The van der Waals surface area contributed by atoms with Gasteiger partial charge in [0.15, 0.2) is 0 Å². The van der Waals surface area contributed by atoms with Gasteiger partial charge in [-0.1, -0.05) is 38.1 Å². The number of ketones is 1. The van der Waals surface area contributed by atoms with E-state index in [4.69, 9.17) is 35.7 Å². The summed E-state index contributed by atoms with van der Waals surface area (Å²) in [7, 11) is 0. The van der Waals surface area contributed by atoms with E-state index in [9.17, 15) is 14.7 Å². The zero-order valence-corrected chi connectivity index (χ0v) is 28.6. The van der Waals surface area contributed by atoms with E-state index in [1.807, 2.05) is 36.1 Å². The van der Waals surface area contributed by atoms with Crippen LogP contribution < -0.4 is 11.1 Å². The molecule has 45 heavy (non-hydrogen) atoms. The summed E-state index contributed by atoms with van der Waals surface area (Å²) >= 11 is 11.8. The van der Waals surface area contributed by atoms with Gasteiger partial charge in [-0.15, -0.1) is 23.4 Å². The van der Waals surface area contributed by atoms with Crippen LogP contribution in [0.5, 0.6) is 0 Å². The number of ether oxygens (including phenoxy) is 1. The number of Topliss-reactive ketones (excluding diaryl/α,β-unsaturated/α-hetero) is 1. The molecule has 0 aromatic heterocycles. The second kappa shape index (κ2) is 12.2. The van der Waals surface area contributed by atoms with Crippen molar-refractivity contribution in [2.75, 3.05) is 31.9 Å². The van der Waals surface area contributed by atoms with Gasteiger partial charge in [0.1, 0.15) is 11.9 Å². The van der Waals surface area contributed by atoms with Crippen LogP contribution >= 0.6 is 37.0 Å². The normalized spacial score (nSPS) is 41.2. The van der Waals surface area contributed by atoms with E-state index < -0.39 is 27.8 Å². The number of nitrogens with zero attached hydrogens (tertiary/aromatic N) is 3. The number of carbonyl (C=O) groups is 2. The highest BCUT2D eigenvalue weighted by molar-refractivity contribution is 8.00. The molecule has 0 radical (unpaired) electrons. The first-order chi connectivity index (χ1) is 21.4. The van der Waals surface area contributed by atoms with E-state index in [0.717, 1.165) is 43.1 Å². The number of guanidine groups is 1. The Labute approximate surface area is 281 Å². The molecule has 2 bridgehead atoms. The third-order valence-electron chi connectivity index (χ3n) is 11.7. The van der Waals surface area contributed by atoms with Crippen LogP contribution in [0.25, 0.3) is 0 Å². The molecule has 1 saturated heterocycles. The van der Waals surface area contributed by atoms with Crippen molar-refractivity contribution < 1.29 is 19.4 Å². The minimum Gasteiger partial charge on any atom is -0.460 e. The minimum atomic E-state index is -0.816. The number of esters is 1. The van der Waals surface area contributed by atoms with Crippen LogP contribution in [0.1, 0.15) is 51.5 Å². The molecular formula is C33H45N5O4S3. The van der Waals surface area contributed by atoms with Crippen LogP contribution in [0.3, 0.4) is 0 Å². The summed E-state index contributed by atoms with van der Waals surface area (Å²) in [6, 6.07) is 7.66. The van der Waals surface area contributed by atoms with Crippen LogP contribution in [0, 0.1) is 28.1 Å². The predicted molar refractivity (Wildman–Crippen MR) is 185 cm³/mol. The van der Waals surface area contributed by atoms with Gasteiger partial charge in [0, 0.05) is 59.1 Å². The number of nitrogens with two attached hydrogens (primary N) is 1. The lowest BCUT2D eigenvalue weighted by molar-refractivity contribution is -0.229. The highest BCUT2D eigenvalue weighted by Crippen LogP contribution is 2.81. The van der Waals surface area contributed by atoms with Crippen molar-refractivity contribution in [3.05, 3.63) is 42.5 Å². The molecule has 5 aliphatic rings. The summed E-state index contributed by atoms with van der Waals surface area (Å²) in [6.07, 6.45) is 5.05. The van der Waals surface area contributed by atoms with Crippen LogP contribution in [0.4, 0.5) is 0 Å². The molecule has 1 aromatic rings. The van der Waals surface area contributed by atoms with Gasteiger partial charge < -0.3 is 25.8 Å². The van der Waals surface area contributed by atoms with Crippen LogP contribution in [0.15, 0.2) is 52.0 Å². The standard InChI is InChI=1S/C33H45N5O4S3/c1-4-30(3)15-24(33(44)25(43)16-32-19-31(28(32)33,10-9-23(32)39)20(2)27(30)41)42-26(40)18-45-22-8-6-5-7-21(22)17-36-37-29(34)38-13-11-35-12-14-38/h4-8,17,20,24-25,27-28,35,41,43-44H,1,9-16,18-19H2,2-3H3,(H2,34,37)/b36-17-/t20-,24+,25?,27?,28?,30+,31?,32?,33-/m0/s1. The fourth-order valence-electron chi connectivity index (χ4n) is 9.32. The van der Waals surface area contributed by atoms with Gasteiger partial charge in [-0.2, -0.15) is 30.4 Å². The molecule has 9 atom stereocenters. The summed E-state index contributed by atoms with van der Waals surface area (Å²) in [5, 5.41) is 23.2. The fraction of sp³-hybridized carbons (Fsp3) is 0.636. The zero-order chi connectivity index (χ0) is 32.2. The average molecular weight is 672 g/mol. The Bertz CT molecular complexity index is 1420. The first-order valence-electron chi connectivity index (χ1n) is 15.9. The van der Waals surface area contributed by atoms with Crippen LogP contribution in [-0.4, -0.2) is 88.1 Å². The smallest absolute Gasteiger partial charge is 0.316 e. The molecule has 4 N–H and O–H groups in total. The van der Waals surface area contributed by atoms with Gasteiger partial charge in [-0.25, -0.2) is 0 Å². The summed E-state index contributed by atoms with van der Waals surface area (Å²) in [5.41, 5.74) is 5.47. The summed E-state index contributed by atoms with van der Waals surface area (Å²) in [4.78, 5) is 29.9. The molecule has 9 nitrogen and oxygen atoms in total. The Morgan fingerprint density at radius 2 is 2.04 bits per heavy atom. The zero-order valence-electron chi connectivity index (χ0n) is 26.0. The summed E-state index contributed by atoms with van der Waals surface area (Å²) in [5.74, 6) is 0.169. The van der Waals surface area contributed by atoms with E-state index in [0.29, 0.717) is 31.6 Å². The quantitative estimate of drug-likeness (QED) is 0.0567. The molecule has 0 amide bonds. The average Bonchev–Trinajstić information content (AvgIpc) is 3.23. The molecule has 6 rings (SSSR count). The summed E-state index contributed by atoms with van der Waals surface area (Å²) in [6.45, 7) is 11.5. The maximum Gasteiger partial charge on any atom is 0.316 e. The number of rotatable bonds is 7. The lowest BCUT2D eigenvalue weighted by Crippen LogP contribution is -2.73. The molecule has 1 aliphatic heterocycles. The highest BCUT2D eigenvalue weighted by atomic mass is 32.2. The fourth-order valence-corrected chi connectivity index (χ4v) is 11.5. The van der Waals surface area contributed by atoms with Gasteiger partial charge in [-0.05, 0) is 49.0 Å². The SMILES string of the molecule is C=C[C@]1(C)C[C@@H](OC(=O)CSc2ccccc2/C=N\N=C(N)N2CCNCC2)[C@]2(S)C(S)CC34CC(CCC3=O)(C42)[C@@H](C)C1O. The first-order valence-corrected chi connectivity index (χ1v) is 17.8. The number of benzene rings is 1. The lowest BCUT2D eigenvalue weighted by atomic mass is 9.34. The third kappa shape index (κ3) is 5.27. The molecule has 1 aromatic carbocycles.